The van der Waals surface area contributed by atoms with Crippen molar-refractivity contribution in [2.75, 3.05) is 45.7 Å². The fourth-order valence-corrected chi connectivity index (χ4v) is 3.87. The lowest BCUT2D eigenvalue weighted by Gasteiger charge is -2.33. The molecule has 0 radical (unpaired) electrons. The molecule has 0 aliphatic carbocycles. The molecule has 6 nitrogen and oxygen atoms in total. The monoisotopic (exact) mass is 481 g/mol. The van der Waals surface area contributed by atoms with Gasteiger partial charge in [0.1, 0.15) is 6.29 Å². The summed E-state index contributed by atoms with van der Waals surface area (Å²) in [5.41, 5.74) is 4.57. The van der Waals surface area contributed by atoms with Crippen LogP contribution in [0, 0.1) is 0 Å². The molecular formula is C29H47N5O. The number of anilines is 1. The van der Waals surface area contributed by atoms with Gasteiger partial charge in [-0.3, -0.25) is 4.99 Å². The van der Waals surface area contributed by atoms with E-state index in [1.165, 1.54) is 5.56 Å². The summed E-state index contributed by atoms with van der Waals surface area (Å²) in [6.45, 7) is 19.5. The molecule has 0 saturated carbocycles. The maximum Gasteiger partial charge on any atom is 0.136 e. The highest BCUT2D eigenvalue weighted by Crippen LogP contribution is 2.28. The first-order valence-corrected chi connectivity index (χ1v) is 12.4. The fraction of sp³-hybridized carbons (Fsp3) is 0.517. The van der Waals surface area contributed by atoms with Gasteiger partial charge in [0.05, 0.1) is 12.1 Å². The van der Waals surface area contributed by atoms with E-state index in [-0.39, 0.29) is 17.5 Å². The summed E-state index contributed by atoms with van der Waals surface area (Å²) in [6, 6.07) is 8.88. The van der Waals surface area contributed by atoms with Crippen molar-refractivity contribution in [3.63, 3.8) is 0 Å². The van der Waals surface area contributed by atoms with E-state index in [4.69, 9.17) is 0 Å². The number of nitrogens with zero attached hydrogens (tertiary/aromatic N) is 3. The highest BCUT2D eigenvalue weighted by Gasteiger charge is 2.23. The third-order valence-corrected chi connectivity index (χ3v) is 5.95. The van der Waals surface area contributed by atoms with Crippen molar-refractivity contribution in [2.24, 2.45) is 4.99 Å². The van der Waals surface area contributed by atoms with E-state index in [0.717, 1.165) is 55.7 Å². The van der Waals surface area contributed by atoms with E-state index in [1.807, 2.05) is 19.2 Å². The molecule has 1 aromatic carbocycles. The second-order valence-electron chi connectivity index (χ2n) is 10.2. The lowest BCUT2D eigenvalue weighted by molar-refractivity contribution is -0.109. The van der Waals surface area contributed by atoms with Crippen molar-refractivity contribution in [3.05, 3.63) is 66.0 Å². The van der Waals surface area contributed by atoms with Crippen LogP contribution in [-0.4, -0.2) is 70.8 Å². The first-order chi connectivity index (χ1) is 16.5. The first kappa shape index (κ1) is 30.3. The Kier molecular flexibility index (Phi) is 13.3. The first-order valence-electron chi connectivity index (χ1n) is 12.4. The smallest absolute Gasteiger partial charge is 0.136 e. The SMILES string of the molecule is C=N/C=C(\C=C/C)C(C(=C)NCCN(C)C)N(C)c1ccc(C(C)(C)C)cc1.O=CC1CCCN1. The molecule has 1 aliphatic heterocycles. The van der Waals surface area contributed by atoms with Crippen LogP contribution < -0.4 is 15.5 Å². The van der Waals surface area contributed by atoms with Gasteiger partial charge in [-0.1, -0.05) is 51.6 Å². The average Bonchev–Trinajstić information content (AvgIpc) is 3.33. The lowest BCUT2D eigenvalue weighted by Crippen LogP contribution is -2.40. The van der Waals surface area contributed by atoms with Crippen LogP contribution in [0.5, 0.6) is 0 Å². The number of hydrogen-bond acceptors (Lipinski definition) is 6. The minimum atomic E-state index is -0.0515. The Morgan fingerprint density at radius 1 is 1.26 bits per heavy atom. The van der Waals surface area contributed by atoms with Crippen LogP contribution in [0.3, 0.4) is 0 Å². The van der Waals surface area contributed by atoms with Gasteiger partial charge in [0, 0.05) is 37.7 Å². The number of aliphatic imine (C=N–C) groups is 1. The van der Waals surface area contributed by atoms with Crippen LogP contribution in [0.15, 0.2) is 65.5 Å². The molecule has 1 fully saturated rings. The molecule has 0 spiro atoms. The van der Waals surface area contributed by atoms with Gasteiger partial charge in [-0.05, 0) is 75.8 Å². The molecule has 0 bridgehead atoms. The lowest BCUT2D eigenvalue weighted by atomic mass is 9.87. The molecular weight excluding hydrogens is 434 g/mol. The third kappa shape index (κ3) is 10.6. The molecule has 1 aromatic rings. The molecule has 2 rings (SSSR count). The second kappa shape index (κ2) is 15.3. The topological polar surface area (TPSA) is 60.0 Å². The van der Waals surface area contributed by atoms with E-state index in [2.05, 4.69) is 111 Å². The van der Waals surface area contributed by atoms with Crippen molar-refractivity contribution in [1.29, 1.82) is 0 Å². The summed E-state index contributed by atoms with van der Waals surface area (Å²) in [5, 5.41) is 6.52. The number of allylic oxidation sites excluding steroid dienone is 1. The minimum Gasteiger partial charge on any atom is -0.386 e. The van der Waals surface area contributed by atoms with E-state index >= 15 is 0 Å². The van der Waals surface area contributed by atoms with Crippen LogP contribution in [0.1, 0.15) is 46.1 Å². The van der Waals surface area contributed by atoms with Crippen molar-refractivity contribution in [1.82, 2.24) is 15.5 Å². The molecule has 0 aromatic heterocycles. The predicted octanol–water partition coefficient (Wildman–Crippen LogP) is 4.55. The number of benzene rings is 1. The summed E-state index contributed by atoms with van der Waals surface area (Å²) >= 11 is 0. The summed E-state index contributed by atoms with van der Waals surface area (Å²) in [7, 11) is 6.23. The maximum absolute atomic E-state index is 9.94. The average molecular weight is 482 g/mol. The van der Waals surface area contributed by atoms with Crippen molar-refractivity contribution in [3.8, 4) is 0 Å². The molecule has 1 saturated heterocycles. The van der Waals surface area contributed by atoms with Crippen LogP contribution in [0.25, 0.3) is 0 Å². The highest BCUT2D eigenvalue weighted by molar-refractivity contribution is 5.57. The molecule has 2 unspecified atom stereocenters. The van der Waals surface area contributed by atoms with Crippen LogP contribution >= 0.6 is 0 Å². The van der Waals surface area contributed by atoms with Gasteiger partial charge in [0.2, 0.25) is 0 Å². The molecule has 0 amide bonds. The van der Waals surface area contributed by atoms with Crippen molar-refractivity contribution >= 4 is 18.7 Å². The normalized spacial score (nSPS) is 17.0. The number of rotatable bonds is 11. The second-order valence-corrected chi connectivity index (χ2v) is 10.2. The van der Waals surface area contributed by atoms with E-state index in [1.54, 1.807) is 0 Å². The van der Waals surface area contributed by atoms with Crippen LogP contribution in [0.4, 0.5) is 5.69 Å². The standard InChI is InChI=1S/C24H38N4.C5H9NO/c1-10-11-20(18-25-6)23(19(2)26-16-17-27(7)8)28(9)22-14-12-21(13-15-22)24(3,4)5;7-4-5-2-1-3-6-5/h10-15,18,23,26H,2,6,16-17H2,1,3-5,7-9H3;4-6H,1-3H2/b11-10-,20-18+;. The number of aldehydes is 1. The third-order valence-electron chi connectivity index (χ3n) is 5.95. The summed E-state index contributed by atoms with van der Waals surface area (Å²) in [5.74, 6) is 0. The number of carbonyl (C=O) groups is 1. The number of carbonyl (C=O) groups excluding carboxylic acids is 1. The van der Waals surface area contributed by atoms with Gasteiger partial charge in [-0.2, -0.15) is 0 Å². The molecule has 2 atom stereocenters. The fourth-order valence-electron chi connectivity index (χ4n) is 3.87. The largest absolute Gasteiger partial charge is 0.386 e. The van der Waals surface area contributed by atoms with Gasteiger partial charge in [0.25, 0.3) is 0 Å². The molecule has 35 heavy (non-hydrogen) atoms. The zero-order chi connectivity index (χ0) is 26.4. The van der Waals surface area contributed by atoms with E-state index in [0.29, 0.717) is 0 Å². The van der Waals surface area contributed by atoms with E-state index < -0.39 is 0 Å². The molecule has 194 valence electrons. The minimum absolute atomic E-state index is 0.0515. The Morgan fingerprint density at radius 2 is 1.91 bits per heavy atom. The van der Waals surface area contributed by atoms with Gasteiger partial charge in [0.15, 0.2) is 0 Å². The molecule has 1 aliphatic rings. The molecule has 2 N–H and O–H groups in total. The zero-order valence-corrected chi connectivity index (χ0v) is 23.0. The Bertz CT molecular complexity index is 843. The van der Waals surface area contributed by atoms with Gasteiger partial charge >= 0.3 is 0 Å². The number of nitrogens with one attached hydrogen (secondary N) is 2. The van der Waals surface area contributed by atoms with Crippen molar-refractivity contribution in [2.45, 2.75) is 58.0 Å². The summed E-state index contributed by atoms with van der Waals surface area (Å²) in [4.78, 5) is 18.3. The Morgan fingerprint density at radius 3 is 2.34 bits per heavy atom. The van der Waals surface area contributed by atoms with Crippen LogP contribution in [0.2, 0.25) is 0 Å². The van der Waals surface area contributed by atoms with Crippen LogP contribution in [-0.2, 0) is 10.2 Å². The summed E-state index contributed by atoms with van der Waals surface area (Å²) < 4.78 is 0. The Balaban J connectivity index is 0.000000744. The van der Waals surface area contributed by atoms with E-state index in [9.17, 15) is 4.79 Å². The van der Waals surface area contributed by atoms with Crippen molar-refractivity contribution < 1.29 is 4.79 Å². The number of likely N-dealkylation sites (N-methyl/N-ethyl adjacent to an activating group) is 2. The molecule has 6 heteroatoms. The van der Waals surface area contributed by atoms with Gasteiger partial charge < -0.3 is 25.2 Å². The summed E-state index contributed by atoms with van der Waals surface area (Å²) in [6.07, 6.45) is 9.06. The zero-order valence-electron chi connectivity index (χ0n) is 23.0. The molecule has 1 heterocycles. The highest BCUT2D eigenvalue weighted by atomic mass is 16.1. The Hall–Kier alpha value is -2.70. The van der Waals surface area contributed by atoms with Gasteiger partial charge in [-0.25, -0.2) is 0 Å². The Labute approximate surface area is 213 Å². The quantitative estimate of drug-likeness (QED) is 0.276. The van der Waals surface area contributed by atoms with Gasteiger partial charge in [-0.15, -0.1) is 0 Å². The maximum atomic E-state index is 9.94. The number of hydrogen-bond donors (Lipinski definition) is 2. The predicted molar refractivity (Wildman–Crippen MR) is 153 cm³/mol.